The predicted octanol–water partition coefficient (Wildman–Crippen LogP) is 7.22. The summed E-state index contributed by atoms with van der Waals surface area (Å²) in [5.74, 6) is 0. The Balaban J connectivity index is 1.63. The van der Waals surface area contributed by atoms with Gasteiger partial charge in [-0.15, -0.1) is 0 Å². The predicted molar refractivity (Wildman–Crippen MR) is 121 cm³/mol. The maximum absolute atomic E-state index is 4.67. The average molecular weight is 369 g/mol. The van der Waals surface area contributed by atoms with E-state index in [2.05, 4.69) is 73.4 Å². The van der Waals surface area contributed by atoms with Gasteiger partial charge in [-0.25, -0.2) is 0 Å². The molecular formula is C28H19N. The average Bonchev–Trinajstić information content (AvgIpc) is 3.25. The van der Waals surface area contributed by atoms with Crippen molar-refractivity contribution in [3.63, 3.8) is 0 Å². The summed E-state index contributed by atoms with van der Waals surface area (Å²) in [4.78, 5) is 4.67. The van der Waals surface area contributed by atoms with Crippen LogP contribution in [0.15, 0.2) is 66.9 Å². The summed E-state index contributed by atoms with van der Waals surface area (Å²) < 4.78 is 0. The van der Waals surface area contributed by atoms with Crippen LogP contribution < -0.4 is 0 Å². The van der Waals surface area contributed by atoms with E-state index in [1.165, 1.54) is 71.8 Å². The number of hydrogen-bond donors (Lipinski definition) is 0. The van der Waals surface area contributed by atoms with Crippen molar-refractivity contribution in [2.24, 2.45) is 0 Å². The van der Waals surface area contributed by atoms with Gasteiger partial charge in [0.1, 0.15) is 0 Å². The quantitative estimate of drug-likeness (QED) is 0.257. The topological polar surface area (TPSA) is 12.9 Å². The fraction of sp³-hybridized carbons (Fsp3) is 0.107. The van der Waals surface area contributed by atoms with Crippen LogP contribution in [0.4, 0.5) is 0 Å². The van der Waals surface area contributed by atoms with Crippen molar-refractivity contribution >= 4 is 21.7 Å². The van der Waals surface area contributed by atoms with Crippen molar-refractivity contribution in [3.8, 4) is 33.4 Å². The van der Waals surface area contributed by atoms with E-state index in [0.29, 0.717) is 0 Å². The molecule has 0 saturated carbocycles. The third-order valence-electron chi connectivity index (χ3n) is 6.87. The van der Waals surface area contributed by atoms with E-state index < -0.39 is 0 Å². The Morgan fingerprint density at radius 1 is 0.690 bits per heavy atom. The molecule has 0 amide bonds. The van der Waals surface area contributed by atoms with Gasteiger partial charge in [0.2, 0.25) is 0 Å². The number of nitrogens with zero attached hydrogens (tertiary/aromatic N) is 1. The van der Waals surface area contributed by atoms with Crippen LogP contribution in [0.1, 0.15) is 22.3 Å². The Bertz CT molecular complexity index is 1540. The summed E-state index contributed by atoms with van der Waals surface area (Å²) in [7, 11) is 0. The molecule has 0 saturated heterocycles. The maximum Gasteiger partial charge on any atom is 0.0714 e. The van der Waals surface area contributed by atoms with Gasteiger partial charge in [-0.2, -0.15) is 0 Å². The zero-order valence-electron chi connectivity index (χ0n) is 16.5. The summed E-state index contributed by atoms with van der Waals surface area (Å²) in [6.45, 7) is 4.50. The van der Waals surface area contributed by atoms with E-state index in [1.807, 2.05) is 12.3 Å². The molecule has 0 atom stereocenters. The molecule has 1 nitrogen and oxygen atoms in total. The van der Waals surface area contributed by atoms with Crippen molar-refractivity contribution < 1.29 is 0 Å². The zero-order valence-corrected chi connectivity index (χ0v) is 16.5. The summed E-state index contributed by atoms with van der Waals surface area (Å²) >= 11 is 0. The van der Waals surface area contributed by atoms with Gasteiger partial charge in [-0.1, -0.05) is 48.0 Å². The summed E-state index contributed by atoms with van der Waals surface area (Å²) in [6.07, 6.45) is 2.93. The third kappa shape index (κ3) is 1.83. The molecule has 5 aromatic rings. The van der Waals surface area contributed by atoms with Crippen LogP contribution in [-0.4, -0.2) is 4.98 Å². The molecule has 0 N–H and O–H groups in total. The van der Waals surface area contributed by atoms with Crippen molar-refractivity contribution in [3.05, 3.63) is 89.1 Å². The van der Waals surface area contributed by atoms with Gasteiger partial charge in [0.15, 0.2) is 0 Å². The third-order valence-corrected chi connectivity index (χ3v) is 6.87. The second-order valence-corrected chi connectivity index (χ2v) is 8.52. The van der Waals surface area contributed by atoms with Gasteiger partial charge in [-0.05, 0) is 99.3 Å². The molecule has 1 heteroatoms. The molecule has 29 heavy (non-hydrogen) atoms. The molecule has 7 rings (SSSR count). The number of pyridine rings is 1. The van der Waals surface area contributed by atoms with Crippen LogP contribution in [-0.2, 0) is 6.42 Å². The van der Waals surface area contributed by atoms with Crippen LogP contribution in [0, 0.1) is 13.8 Å². The van der Waals surface area contributed by atoms with Crippen LogP contribution >= 0.6 is 0 Å². The molecule has 4 aromatic carbocycles. The highest BCUT2D eigenvalue weighted by atomic mass is 14.6. The molecule has 2 aliphatic carbocycles. The van der Waals surface area contributed by atoms with Crippen LogP contribution in [0.2, 0.25) is 0 Å². The van der Waals surface area contributed by atoms with E-state index >= 15 is 0 Å². The first-order valence-electron chi connectivity index (χ1n) is 10.3. The first-order valence-corrected chi connectivity index (χ1v) is 10.3. The van der Waals surface area contributed by atoms with Crippen molar-refractivity contribution in [2.75, 3.05) is 0 Å². The zero-order chi connectivity index (χ0) is 19.3. The van der Waals surface area contributed by atoms with E-state index in [0.717, 1.165) is 11.9 Å². The van der Waals surface area contributed by atoms with Gasteiger partial charge in [0, 0.05) is 11.6 Å². The molecule has 2 aliphatic rings. The molecule has 136 valence electrons. The highest BCUT2D eigenvalue weighted by Gasteiger charge is 2.30. The van der Waals surface area contributed by atoms with E-state index in [9.17, 15) is 0 Å². The van der Waals surface area contributed by atoms with Crippen LogP contribution in [0.5, 0.6) is 0 Å². The first-order chi connectivity index (χ1) is 14.2. The molecule has 0 bridgehead atoms. The van der Waals surface area contributed by atoms with E-state index in [4.69, 9.17) is 0 Å². The lowest BCUT2D eigenvalue weighted by Crippen LogP contribution is -1.90. The number of benzene rings is 4. The molecular weight excluding hydrogens is 350 g/mol. The number of hydrogen-bond acceptors (Lipinski definition) is 1. The second kappa shape index (κ2) is 5.12. The molecule has 0 fully saturated rings. The Morgan fingerprint density at radius 3 is 2.52 bits per heavy atom. The van der Waals surface area contributed by atoms with E-state index in [-0.39, 0.29) is 0 Å². The number of rotatable bonds is 0. The molecule has 1 heterocycles. The monoisotopic (exact) mass is 369 g/mol. The lowest BCUT2D eigenvalue weighted by Gasteiger charge is -2.13. The lowest BCUT2D eigenvalue weighted by atomic mass is 9.90. The van der Waals surface area contributed by atoms with Crippen LogP contribution in [0.3, 0.4) is 0 Å². The molecule has 0 aliphatic heterocycles. The summed E-state index contributed by atoms with van der Waals surface area (Å²) in [6, 6.07) is 22.6. The minimum atomic E-state index is 1.03. The maximum atomic E-state index is 4.67. The lowest BCUT2D eigenvalue weighted by molar-refractivity contribution is 1.25. The fourth-order valence-corrected chi connectivity index (χ4v) is 5.74. The molecule has 0 unspecified atom stereocenters. The van der Waals surface area contributed by atoms with Gasteiger partial charge in [0.05, 0.1) is 5.52 Å². The minimum absolute atomic E-state index is 1.03. The highest BCUT2D eigenvalue weighted by molar-refractivity contribution is 6.23. The van der Waals surface area contributed by atoms with Gasteiger partial charge < -0.3 is 0 Å². The SMILES string of the molecule is Cc1ccc2c(c1)Cc1cc3c(c(C)c1-2)-c1cccc2c1c-3cc1ncccc12. The number of fused-ring (bicyclic) bond motifs is 8. The smallest absolute Gasteiger partial charge is 0.0714 e. The van der Waals surface area contributed by atoms with Crippen molar-refractivity contribution in [1.29, 1.82) is 0 Å². The minimum Gasteiger partial charge on any atom is -0.256 e. The second-order valence-electron chi connectivity index (χ2n) is 8.52. The Morgan fingerprint density at radius 2 is 1.59 bits per heavy atom. The van der Waals surface area contributed by atoms with Crippen molar-refractivity contribution in [1.82, 2.24) is 4.98 Å². The van der Waals surface area contributed by atoms with Crippen molar-refractivity contribution in [2.45, 2.75) is 20.3 Å². The largest absolute Gasteiger partial charge is 0.256 e. The number of aryl methyl sites for hydroxylation is 1. The van der Waals surface area contributed by atoms with Gasteiger partial charge >= 0.3 is 0 Å². The van der Waals surface area contributed by atoms with Gasteiger partial charge in [0.25, 0.3) is 0 Å². The Labute approximate surface area is 169 Å². The standard InChI is InChI=1S/C28H19N/c1-15-8-9-19-17(11-15)12-18-13-23-24-14-25-20(7-4-10-29-25)21-5-3-6-22(28(21)24)27(23)16(2)26(18)19/h3-11,13-14H,12H2,1-2H3. The normalized spacial score (nSPS) is 13.0. The summed E-state index contributed by atoms with van der Waals surface area (Å²) in [5.41, 5.74) is 15.1. The van der Waals surface area contributed by atoms with Gasteiger partial charge in [-0.3, -0.25) is 4.98 Å². The fourth-order valence-electron chi connectivity index (χ4n) is 5.74. The summed E-state index contributed by atoms with van der Waals surface area (Å²) in [5, 5.41) is 3.95. The highest BCUT2D eigenvalue weighted by Crippen LogP contribution is 2.54. The van der Waals surface area contributed by atoms with E-state index in [1.54, 1.807) is 0 Å². The molecule has 0 radical (unpaired) electrons. The Hall–Kier alpha value is -3.45. The first kappa shape index (κ1) is 15.5. The van der Waals surface area contributed by atoms with Crippen LogP contribution in [0.25, 0.3) is 55.1 Å². The number of aromatic nitrogens is 1. The Kier molecular flexibility index (Phi) is 2.73. The molecule has 1 aromatic heterocycles. The molecule has 0 spiro atoms.